The summed E-state index contributed by atoms with van der Waals surface area (Å²) < 4.78 is 17.8. The first-order valence-electron chi connectivity index (χ1n) is 4.64. The Balaban J connectivity index is 2.57. The van der Waals surface area contributed by atoms with Gasteiger partial charge in [0, 0.05) is 10.4 Å². The molecule has 0 aliphatic rings. The van der Waals surface area contributed by atoms with Crippen molar-refractivity contribution < 1.29 is 13.9 Å². The molecule has 0 N–H and O–H groups in total. The zero-order chi connectivity index (χ0) is 11.5. The quantitative estimate of drug-likeness (QED) is 0.747. The molecular weight excluding hydrogens is 227 g/mol. The Bertz CT molecular complexity index is 506. The van der Waals surface area contributed by atoms with E-state index in [1.807, 2.05) is 17.5 Å². The van der Waals surface area contributed by atoms with Gasteiger partial charge in [0.15, 0.2) is 0 Å². The van der Waals surface area contributed by atoms with Gasteiger partial charge in [-0.05, 0) is 29.6 Å². The highest BCUT2D eigenvalue weighted by Crippen LogP contribution is 2.29. The van der Waals surface area contributed by atoms with Crippen molar-refractivity contribution in [1.29, 1.82) is 0 Å². The first-order chi connectivity index (χ1) is 7.72. The predicted octanol–water partition coefficient (Wildman–Crippen LogP) is 3.34. The van der Waals surface area contributed by atoms with Crippen LogP contribution in [0.2, 0.25) is 0 Å². The van der Waals surface area contributed by atoms with Crippen LogP contribution in [0, 0.1) is 5.82 Å². The highest BCUT2D eigenvalue weighted by Gasteiger charge is 2.14. The van der Waals surface area contributed by atoms with Crippen LogP contribution in [0.3, 0.4) is 0 Å². The van der Waals surface area contributed by atoms with Gasteiger partial charge >= 0.3 is 5.97 Å². The Hall–Kier alpha value is -1.68. The van der Waals surface area contributed by atoms with Gasteiger partial charge in [0.1, 0.15) is 5.82 Å². The molecule has 0 atom stereocenters. The van der Waals surface area contributed by atoms with E-state index in [1.54, 1.807) is 0 Å². The second kappa shape index (κ2) is 4.45. The van der Waals surface area contributed by atoms with Gasteiger partial charge in [-0.25, -0.2) is 9.18 Å². The molecule has 1 heterocycles. The molecule has 0 amide bonds. The highest BCUT2D eigenvalue weighted by atomic mass is 32.1. The molecule has 1 aromatic carbocycles. The Morgan fingerprint density at radius 3 is 2.81 bits per heavy atom. The molecule has 0 aliphatic heterocycles. The number of esters is 1. The van der Waals surface area contributed by atoms with Gasteiger partial charge in [0.25, 0.3) is 0 Å². The standard InChI is InChI=1S/C12H9FO2S/c1-15-12(14)9-5-4-8(13)7-10(9)11-3-2-6-16-11/h2-7H,1H3. The molecule has 2 nitrogen and oxygen atoms in total. The smallest absolute Gasteiger partial charge is 0.338 e. The molecular formula is C12H9FO2S. The van der Waals surface area contributed by atoms with Crippen LogP contribution in [0.25, 0.3) is 10.4 Å². The van der Waals surface area contributed by atoms with Crippen LogP contribution < -0.4 is 0 Å². The number of thiophene rings is 1. The maximum absolute atomic E-state index is 13.2. The van der Waals surface area contributed by atoms with Crippen molar-refractivity contribution in [2.75, 3.05) is 7.11 Å². The summed E-state index contributed by atoms with van der Waals surface area (Å²) in [5.74, 6) is -0.820. The molecule has 0 fully saturated rings. The van der Waals surface area contributed by atoms with Gasteiger partial charge in [-0.2, -0.15) is 0 Å². The van der Waals surface area contributed by atoms with E-state index in [9.17, 15) is 9.18 Å². The molecule has 2 aromatic rings. The van der Waals surface area contributed by atoms with Gasteiger partial charge in [-0.15, -0.1) is 11.3 Å². The molecule has 0 unspecified atom stereocenters. The Labute approximate surface area is 96.3 Å². The van der Waals surface area contributed by atoms with Crippen molar-refractivity contribution in [3.8, 4) is 10.4 Å². The summed E-state index contributed by atoms with van der Waals surface area (Å²) in [6, 6.07) is 7.73. The molecule has 4 heteroatoms. The Morgan fingerprint density at radius 1 is 1.38 bits per heavy atom. The average Bonchev–Trinajstić information content (AvgIpc) is 2.81. The molecule has 2 rings (SSSR count). The van der Waals surface area contributed by atoms with Crippen LogP contribution in [0.5, 0.6) is 0 Å². The molecule has 0 spiro atoms. The van der Waals surface area contributed by atoms with Crippen LogP contribution in [0.1, 0.15) is 10.4 Å². The molecule has 0 radical (unpaired) electrons. The van der Waals surface area contributed by atoms with Gasteiger partial charge < -0.3 is 4.74 Å². The molecule has 0 saturated carbocycles. The number of rotatable bonds is 2. The SMILES string of the molecule is COC(=O)c1ccc(F)cc1-c1cccs1. The topological polar surface area (TPSA) is 26.3 Å². The number of hydrogen-bond acceptors (Lipinski definition) is 3. The lowest BCUT2D eigenvalue weighted by atomic mass is 10.1. The fourth-order valence-electron chi connectivity index (χ4n) is 1.44. The normalized spacial score (nSPS) is 10.1. The molecule has 1 aromatic heterocycles. The van der Waals surface area contributed by atoms with Crippen molar-refractivity contribution in [2.45, 2.75) is 0 Å². The van der Waals surface area contributed by atoms with E-state index in [0.717, 1.165) is 4.88 Å². The summed E-state index contributed by atoms with van der Waals surface area (Å²) in [5.41, 5.74) is 0.952. The number of carbonyl (C=O) groups excluding carboxylic acids is 1. The molecule has 0 bridgehead atoms. The minimum Gasteiger partial charge on any atom is -0.465 e. The molecule has 82 valence electrons. The zero-order valence-electron chi connectivity index (χ0n) is 8.57. The van der Waals surface area contributed by atoms with Crippen LogP contribution in [0.15, 0.2) is 35.7 Å². The predicted molar refractivity (Wildman–Crippen MR) is 61.1 cm³/mol. The lowest BCUT2D eigenvalue weighted by molar-refractivity contribution is 0.0601. The number of ether oxygens (including phenoxy) is 1. The lowest BCUT2D eigenvalue weighted by Crippen LogP contribution is -2.03. The summed E-state index contributed by atoms with van der Waals surface area (Å²) in [7, 11) is 1.31. The van der Waals surface area contributed by atoms with Gasteiger partial charge in [0.2, 0.25) is 0 Å². The van der Waals surface area contributed by atoms with Gasteiger partial charge in [-0.3, -0.25) is 0 Å². The molecule has 0 aliphatic carbocycles. The van der Waals surface area contributed by atoms with E-state index < -0.39 is 5.97 Å². The van der Waals surface area contributed by atoms with E-state index >= 15 is 0 Å². The summed E-state index contributed by atoms with van der Waals surface area (Å²) in [5, 5.41) is 1.88. The number of carbonyl (C=O) groups is 1. The number of methoxy groups -OCH3 is 1. The molecule has 16 heavy (non-hydrogen) atoms. The van der Waals surface area contributed by atoms with E-state index in [1.165, 1.54) is 36.6 Å². The lowest BCUT2D eigenvalue weighted by Gasteiger charge is -2.05. The fraction of sp³-hybridized carbons (Fsp3) is 0.0833. The maximum Gasteiger partial charge on any atom is 0.338 e. The third kappa shape index (κ3) is 1.97. The van der Waals surface area contributed by atoms with E-state index in [4.69, 9.17) is 0 Å². The van der Waals surface area contributed by atoms with Crippen LogP contribution in [0.4, 0.5) is 4.39 Å². The fourth-order valence-corrected chi connectivity index (χ4v) is 2.20. The summed E-state index contributed by atoms with van der Waals surface area (Å²) >= 11 is 1.45. The van der Waals surface area contributed by atoms with Crippen molar-refractivity contribution in [3.63, 3.8) is 0 Å². The van der Waals surface area contributed by atoms with Gasteiger partial charge in [-0.1, -0.05) is 6.07 Å². The van der Waals surface area contributed by atoms with Crippen LogP contribution >= 0.6 is 11.3 Å². The first-order valence-corrected chi connectivity index (χ1v) is 5.52. The minimum absolute atomic E-state index is 0.365. The van der Waals surface area contributed by atoms with Crippen molar-refractivity contribution >= 4 is 17.3 Å². The zero-order valence-corrected chi connectivity index (χ0v) is 9.38. The van der Waals surface area contributed by atoms with E-state index in [0.29, 0.717) is 11.1 Å². The van der Waals surface area contributed by atoms with E-state index in [2.05, 4.69) is 4.74 Å². The largest absolute Gasteiger partial charge is 0.465 e. The Kier molecular flexibility index (Phi) is 3.01. The average molecular weight is 236 g/mol. The monoisotopic (exact) mass is 236 g/mol. The number of hydrogen-bond donors (Lipinski definition) is 0. The number of halogens is 1. The maximum atomic E-state index is 13.2. The second-order valence-corrected chi connectivity index (χ2v) is 4.11. The second-order valence-electron chi connectivity index (χ2n) is 3.16. The van der Waals surface area contributed by atoms with E-state index in [-0.39, 0.29) is 5.82 Å². The Morgan fingerprint density at radius 2 is 2.19 bits per heavy atom. The van der Waals surface area contributed by atoms with Crippen LogP contribution in [-0.4, -0.2) is 13.1 Å². The summed E-state index contributed by atoms with van der Waals surface area (Å²) in [6.07, 6.45) is 0. The van der Waals surface area contributed by atoms with Crippen molar-refractivity contribution in [2.24, 2.45) is 0 Å². The summed E-state index contributed by atoms with van der Waals surface area (Å²) in [6.45, 7) is 0. The number of benzene rings is 1. The third-order valence-electron chi connectivity index (χ3n) is 2.17. The highest BCUT2D eigenvalue weighted by molar-refractivity contribution is 7.13. The minimum atomic E-state index is -0.455. The first kappa shape index (κ1) is 10.8. The van der Waals surface area contributed by atoms with Crippen molar-refractivity contribution in [1.82, 2.24) is 0 Å². The van der Waals surface area contributed by atoms with Crippen LogP contribution in [-0.2, 0) is 4.74 Å². The van der Waals surface area contributed by atoms with Gasteiger partial charge in [0.05, 0.1) is 12.7 Å². The third-order valence-corrected chi connectivity index (χ3v) is 3.08. The van der Waals surface area contributed by atoms with Crippen molar-refractivity contribution in [3.05, 3.63) is 47.1 Å². The summed E-state index contributed by atoms with van der Waals surface area (Å²) in [4.78, 5) is 12.3. The molecule has 0 saturated heterocycles.